The van der Waals surface area contributed by atoms with Crippen LogP contribution in [0.2, 0.25) is 0 Å². The van der Waals surface area contributed by atoms with Crippen molar-refractivity contribution in [1.29, 1.82) is 0 Å². The first kappa shape index (κ1) is 12.0. The fraction of sp³-hybridized carbons (Fsp3) is 0.462. The van der Waals surface area contributed by atoms with Gasteiger partial charge in [0.25, 0.3) is 0 Å². The lowest BCUT2D eigenvalue weighted by atomic mass is 10.0. The van der Waals surface area contributed by atoms with E-state index in [1.807, 2.05) is 4.90 Å². The minimum Gasteiger partial charge on any atom is -0.337 e. The second kappa shape index (κ2) is 5.27. The zero-order valence-corrected chi connectivity index (χ0v) is 9.95. The first-order valence-corrected chi connectivity index (χ1v) is 5.89. The molecule has 0 aromatic heterocycles. The number of nitrogens with one attached hydrogen (secondary N) is 1. The molecule has 92 valence electrons. The number of piperazine rings is 1. The summed E-state index contributed by atoms with van der Waals surface area (Å²) in [5, 5.41) is 3.28. The Bertz CT molecular complexity index is 391. The Morgan fingerprint density at radius 2 is 2.18 bits per heavy atom. The molecule has 0 bridgehead atoms. The van der Waals surface area contributed by atoms with Gasteiger partial charge >= 0.3 is 0 Å². The van der Waals surface area contributed by atoms with Crippen LogP contribution in [-0.4, -0.2) is 36.5 Å². The summed E-state index contributed by atoms with van der Waals surface area (Å²) in [4.78, 5) is 13.4. The van der Waals surface area contributed by atoms with E-state index in [9.17, 15) is 9.18 Å². The SMILES string of the molecule is CC(=O)N1CCNCC1Cc1ccc(F)cc1. The highest BCUT2D eigenvalue weighted by atomic mass is 19.1. The summed E-state index contributed by atoms with van der Waals surface area (Å²) in [7, 11) is 0. The molecule has 0 spiro atoms. The van der Waals surface area contributed by atoms with E-state index in [4.69, 9.17) is 0 Å². The fourth-order valence-corrected chi connectivity index (χ4v) is 2.25. The third-order valence-electron chi connectivity index (χ3n) is 3.14. The lowest BCUT2D eigenvalue weighted by Crippen LogP contribution is -2.53. The van der Waals surface area contributed by atoms with Crippen LogP contribution in [0.3, 0.4) is 0 Å². The first-order chi connectivity index (χ1) is 8.16. The molecule has 0 aliphatic carbocycles. The molecule has 1 aliphatic heterocycles. The second-order valence-corrected chi connectivity index (χ2v) is 4.40. The molecule has 0 saturated carbocycles. The van der Waals surface area contributed by atoms with Gasteiger partial charge in [-0.05, 0) is 24.1 Å². The average molecular weight is 236 g/mol. The van der Waals surface area contributed by atoms with Gasteiger partial charge in [-0.3, -0.25) is 4.79 Å². The summed E-state index contributed by atoms with van der Waals surface area (Å²) >= 11 is 0. The molecular formula is C13H17FN2O. The largest absolute Gasteiger partial charge is 0.337 e. The predicted molar refractivity (Wildman–Crippen MR) is 64.1 cm³/mol. The van der Waals surface area contributed by atoms with Crippen molar-refractivity contribution in [3.05, 3.63) is 35.6 Å². The molecule has 1 heterocycles. The van der Waals surface area contributed by atoms with Crippen LogP contribution in [0.1, 0.15) is 12.5 Å². The molecule has 1 amide bonds. The number of amides is 1. The molecule has 1 N–H and O–H groups in total. The summed E-state index contributed by atoms with van der Waals surface area (Å²) in [6.07, 6.45) is 0.771. The maximum Gasteiger partial charge on any atom is 0.219 e. The van der Waals surface area contributed by atoms with E-state index in [-0.39, 0.29) is 17.8 Å². The van der Waals surface area contributed by atoms with Gasteiger partial charge in [-0.1, -0.05) is 12.1 Å². The highest BCUT2D eigenvalue weighted by Crippen LogP contribution is 2.12. The number of carbonyl (C=O) groups is 1. The van der Waals surface area contributed by atoms with Crippen molar-refractivity contribution >= 4 is 5.91 Å². The molecule has 1 aromatic carbocycles. The third kappa shape index (κ3) is 3.03. The highest BCUT2D eigenvalue weighted by molar-refractivity contribution is 5.73. The van der Waals surface area contributed by atoms with Crippen LogP contribution in [0.5, 0.6) is 0 Å². The summed E-state index contributed by atoms with van der Waals surface area (Å²) in [5.74, 6) is -0.113. The van der Waals surface area contributed by atoms with Crippen LogP contribution in [0, 0.1) is 5.82 Å². The third-order valence-corrected chi connectivity index (χ3v) is 3.14. The molecule has 1 aromatic rings. The van der Waals surface area contributed by atoms with Crippen molar-refractivity contribution < 1.29 is 9.18 Å². The zero-order chi connectivity index (χ0) is 12.3. The number of benzene rings is 1. The van der Waals surface area contributed by atoms with Crippen LogP contribution >= 0.6 is 0 Å². The minimum atomic E-state index is -0.223. The smallest absolute Gasteiger partial charge is 0.219 e. The van der Waals surface area contributed by atoms with Gasteiger partial charge in [-0.25, -0.2) is 4.39 Å². The fourth-order valence-electron chi connectivity index (χ4n) is 2.25. The molecule has 1 unspecified atom stereocenters. The van der Waals surface area contributed by atoms with Gasteiger partial charge in [0.05, 0.1) is 0 Å². The highest BCUT2D eigenvalue weighted by Gasteiger charge is 2.24. The maximum absolute atomic E-state index is 12.8. The second-order valence-electron chi connectivity index (χ2n) is 4.40. The van der Waals surface area contributed by atoms with Gasteiger partial charge in [-0.2, -0.15) is 0 Å². The Morgan fingerprint density at radius 1 is 1.47 bits per heavy atom. The molecular weight excluding hydrogens is 219 g/mol. The summed E-state index contributed by atoms with van der Waals surface area (Å²) < 4.78 is 12.8. The first-order valence-electron chi connectivity index (χ1n) is 5.89. The van der Waals surface area contributed by atoms with Crippen molar-refractivity contribution in [2.75, 3.05) is 19.6 Å². The zero-order valence-electron chi connectivity index (χ0n) is 9.95. The van der Waals surface area contributed by atoms with Crippen molar-refractivity contribution in [3.8, 4) is 0 Å². The van der Waals surface area contributed by atoms with Gasteiger partial charge in [0.15, 0.2) is 0 Å². The van der Waals surface area contributed by atoms with Crippen LogP contribution in [0.4, 0.5) is 4.39 Å². The van der Waals surface area contributed by atoms with Crippen LogP contribution in [-0.2, 0) is 11.2 Å². The standard InChI is InChI=1S/C13H17FN2O/c1-10(17)16-7-6-15-9-13(16)8-11-2-4-12(14)5-3-11/h2-5,13,15H,6-9H2,1H3. The molecule has 1 saturated heterocycles. The molecule has 1 atom stereocenters. The molecule has 4 heteroatoms. The molecule has 3 nitrogen and oxygen atoms in total. The van der Waals surface area contributed by atoms with E-state index in [0.717, 1.165) is 31.6 Å². The van der Waals surface area contributed by atoms with Gasteiger partial charge < -0.3 is 10.2 Å². The van der Waals surface area contributed by atoms with E-state index in [0.29, 0.717) is 0 Å². The summed E-state index contributed by atoms with van der Waals surface area (Å²) in [5.41, 5.74) is 1.06. The molecule has 0 radical (unpaired) electrons. The summed E-state index contributed by atoms with van der Waals surface area (Å²) in [6, 6.07) is 6.66. The number of carbonyl (C=O) groups excluding carboxylic acids is 1. The molecule has 17 heavy (non-hydrogen) atoms. The van der Waals surface area contributed by atoms with E-state index in [1.165, 1.54) is 12.1 Å². The van der Waals surface area contributed by atoms with E-state index in [1.54, 1.807) is 19.1 Å². The quantitative estimate of drug-likeness (QED) is 0.836. The molecule has 1 aliphatic rings. The van der Waals surface area contributed by atoms with Crippen molar-refractivity contribution in [3.63, 3.8) is 0 Å². The number of hydrogen-bond donors (Lipinski definition) is 1. The van der Waals surface area contributed by atoms with Crippen LogP contribution < -0.4 is 5.32 Å². The number of nitrogens with zero attached hydrogens (tertiary/aromatic N) is 1. The van der Waals surface area contributed by atoms with Crippen molar-refractivity contribution in [1.82, 2.24) is 10.2 Å². The monoisotopic (exact) mass is 236 g/mol. The Kier molecular flexibility index (Phi) is 3.74. The summed E-state index contributed by atoms with van der Waals surface area (Å²) in [6.45, 7) is 4.00. The van der Waals surface area contributed by atoms with Crippen LogP contribution in [0.15, 0.2) is 24.3 Å². The maximum atomic E-state index is 12.8. The van der Waals surface area contributed by atoms with Crippen LogP contribution in [0.25, 0.3) is 0 Å². The van der Waals surface area contributed by atoms with E-state index >= 15 is 0 Å². The number of rotatable bonds is 2. The van der Waals surface area contributed by atoms with Crippen molar-refractivity contribution in [2.45, 2.75) is 19.4 Å². The van der Waals surface area contributed by atoms with E-state index in [2.05, 4.69) is 5.32 Å². The van der Waals surface area contributed by atoms with Gasteiger partial charge in [0.1, 0.15) is 5.82 Å². The van der Waals surface area contributed by atoms with Crippen molar-refractivity contribution in [2.24, 2.45) is 0 Å². The van der Waals surface area contributed by atoms with Gasteiger partial charge in [0.2, 0.25) is 5.91 Å². The van der Waals surface area contributed by atoms with E-state index < -0.39 is 0 Å². The average Bonchev–Trinajstić information content (AvgIpc) is 2.32. The lowest BCUT2D eigenvalue weighted by Gasteiger charge is -2.35. The Hall–Kier alpha value is -1.42. The normalized spacial score (nSPS) is 20.4. The molecule has 2 rings (SSSR count). The van der Waals surface area contributed by atoms with Gasteiger partial charge in [-0.15, -0.1) is 0 Å². The minimum absolute atomic E-state index is 0.110. The topological polar surface area (TPSA) is 32.3 Å². The molecule has 1 fully saturated rings. The Morgan fingerprint density at radius 3 is 2.82 bits per heavy atom. The Labute approximate surface area is 101 Å². The van der Waals surface area contributed by atoms with Gasteiger partial charge in [0, 0.05) is 32.6 Å². The predicted octanol–water partition coefficient (Wildman–Crippen LogP) is 1.19. The Balaban J connectivity index is 2.05. The lowest BCUT2D eigenvalue weighted by molar-refractivity contribution is -0.131. The number of halogens is 1. The number of hydrogen-bond acceptors (Lipinski definition) is 2.